The highest BCUT2D eigenvalue weighted by atomic mass is 32.1. The number of anilines is 2. The van der Waals surface area contributed by atoms with E-state index >= 15 is 0 Å². The van der Waals surface area contributed by atoms with Gasteiger partial charge in [-0.15, -0.1) is 11.3 Å². The molecule has 0 unspecified atom stereocenters. The average molecular weight is 376 g/mol. The maximum absolute atomic E-state index is 12.5. The van der Waals surface area contributed by atoms with Crippen molar-refractivity contribution in [3.63, 3.8) is 0 Å². The van der Waals surface area contributed by atoms with Crippen molar-refractivity contribution in [3.8, 4) is 11.3 Å². The van der Waals surface area contributed by atoms with Gasteiger partial charge in [0.1, 0.15) is 0 Å². The Morgan fingerprint density at radius 1 is 1.15 bits per heavy atom. The normalized spacial score (nSPS) is 10.9. The van der Waals surface area contributed by atoms with Gasteiger partial charge in [-0.05, 0) is 43.3 Å². The minimum Gasteiger partial charge on any atom is -0.378 e. The van der Waals surface area contributed by atoms with Gasteiger partial charge in [0.2, 0.25) is 0 Å². The van der Waals surface area contributed by atoms with Crippen molar-refractivity contribution in [1.29, 1.82) is 0 Å². The van der Waals surface area contributed by atoms with E-state index in [-0.39, 0.29) is 5.91 Å². The van der Waals surface area contributed by atoms with E-state index in [9.17, 15) is 4.79 Å². The summed E-state index contributed by atoms with van der Waals surface area (Å²) in [5.74, 6) is -0.126. The van der Waals surface area contributed by atoms with Crippen molar-refractivity contribution in [2.75, 3.05) is 24.3 Å². The second-order valence-corrected chi connectivity index (χ2v) is 7.47. The SMILES string of the molecule is Cc1csc2nc(-c3cccc(NC(=O)c4ccc(N(C)C)cc4)c3)cn12. The monoisotopic (exact) mass is 376 g/mol. The Kier molecular flexibility index (Phi) is 4.41. The fourth-order valence-electron chi connectivity index (χ4n) is 2.90. The number of carbonyl (C=O) groups is 1. The molecule has 0 aliphatic heterocycles. The molecule has 1 N–H and O–H groups in total. The third-order valence-corrected chi connectivity index (χ3v) is 5.41. The lowest BCUT2D eigenvalue weighted by atomic mass is 10.1. The Hall–Kier alpha value is -3.12. The first kappa shape index (κ1) is 17.3. The third-order valence-electron chi connectivity index (χ3n) is 4.45. The van der Waals surface area contributed by atoms with E-state index in [1.807, 2.05) is 73.7 Å². The van der Waals surface area contributed by atoms with Crippen LogP contribution in [0, 0.1) is 6.92 Å². The van der Waals surface area contributed by atoms with Crippen molar-refractivity contribution >= 4 is 33.6 Å². The standard InChI is InChI=1S/C21H20N4OS/c1-14-13-27-21-23-19(12-25(14)21)16-5-4-6-17(11-16)22-20(26)15-7-9-18(10-8-15)24(2)3/h4-13H,1-3H3,(H,22,26). The fraction of sp³-hybridized carbons (Fsp3) is 0.143. The number of hydrogen-bond acceptors (Lipinski definition) is 4. The zero-order valence-electron chi connectivity index (χ0n) is 15.4. The molecule has 27 heavy (non-hydrogen) atoms. The number of thiazole rings is 1. The molecule has 4 aromatic rings. The lowest BCUT2D eigenvalue weighted by Crippen LogP contribution is -2.13. The molecule has 5 nitrogen and oxygen atoms in total. The van der Waals surface area contributed by atoms with E-state index in [0.29, 0.717) is 5.56 Å². The second-order valence-electron chi connectivity index (χ2n) is 6.63. The van der Waals surface area contributed by atoms with Crippen LogP contribution >= 0.6 is 11.3 Å². The van der Waals surface area contributed by atoms with E-state index in [1.54, 1.807) is 11.3 Å². The van der Waals surface area contributed by atoms with Gasteiger partial charge in [-0.1, -0.05) is 12.1 Å². The number of nitrogens with one attached hydrogen (secondary N) is 1. The summed E-state index contributed by atoms with van der Waals surface area (Å²) in [6.45, 7) is 2.06. The van der Waals surface area contributed by atoms with Gasteiger partial charge in [0.25, 0.3) is 5.91 Å². The highest BCUT2D eigenvalue weighted by molar-refractivity contribution is 7.15. The minimum atomic E-state index is -0.126. The molecule has 136 valence electrons. The Labute approximate surface area is 161 Å². The molecule has 0 spiro atoms. The summed E-state index contributed by atoms with van der Waals surface area (Å²) >= 11 is 1.62. The number of benzene rings is 2. The first-order chi connectivity index (χ1) is 13.0. The van der Waals surface area contributed by atoms with Gasteiger partial charge in [-0.25, -0.2) is 4.98 Å². The number of aromatic nitrogens is 2. The Balaban J connectivity index is 1.56. The van der Waals surface area contributed by atoms with Gasteiger partial charge in [0, 0.05) is 53.9 Å². The lowest BCUT2D eigenvalue weighted by molar-refractivity contribution is 0.102. The minimum absolute atomic E-state index is 0.126. The number of fused-ring (bicyclic) bond motifs is 1. The third kappa shape index (κ3) is 3.44. The average Bonchev–Trinajstić information content (AvgIpc) is 3.24. The van der Waals surface area contributed by atoms with Crippen molar-refractivity contribution in [1.82, 2.24) is 9.38 Å². The summed E-state index contributed by atoms with van der Waals surface area (Å²) in [6, 6.07) is 15.3. The summed E-state index contributed by atoms with van der Waals surface area (Å²) in [5.41, 5.74) is 5.48. The number of aryl methyl sites for hydroxylation is 1. The summed E-state index contributed by atoms with van der Waals surface area (Å²) in [7, 11) is 3.95. The molecule has 0 atom stereocenters. The lowest BCUT2D eigenvalue weighted by Gasteiger charge is -2.12. The Morgan fingerprint density at radius 3 is 2.63 bits per heavy atom. The van der Waals surface area contributed by atoms with Crippen LogP contribution in [0.15, 0.2) is 60.1 Å². The molecule has 1 amide bonds. The number of rotatable bonds is 4. The zero-order chi connectivity index (χ0) is 19.0. The fourth-order valence-corrected chi connectivity index (χ4v) is 3.75. The predicted molar refractivity (Wildman–Crippen MR) is 112 cm³/mol. The summed E-state index contributed by atoms with van der Waals surface area (Å²) in [4.78, 5) is 20.2. The van der Waals surface area contributed by atoms with Crippen LogP contribution < -0.4 is 10.2 Å². The number of amides is 1. The molecule has 4 rings (SSSR count). The van der Waals surface area contributed by atoms with Crippen LogP contribution in [-0.2, 0) is 0 Å². The maximum atomic E-state index is 12.5. The van der Waals surface area contributed by atoms with Gasteiger partial charge in [-0.3, -0.25) is 9.20 Å². The smallest absolute Gasteiger partial charge is 0.255 e. The Morgan fingerprint density at radius 2 is 1.93 bits per heavy atom. The van der Waals surface area contributed by atoms with E-state index in [0.717, 1.165) is 27.6 Å². The molecule has 0 aliphatic carbocycles. The molecule has 0 aliphatic rings. The summed E-state index contributed by atoms with van der Waals surface area (Å²) in [5, 5.41) is 5.06. The molecular weight excluding hydrogens is 356 g/mol. The van der Waals surface area contributed by atoms with E-state index < -0.39 is 0 Å². The van der Waals surface area contributed by atoms with Crippen LogP contribution in [0.3, 0.4) is 0 Å². The van der Waals surface area contributed by atoms with Crippen molar-refractivity contribution in [2.45, 2.75) is 6.92 Å². The quantitative estimate of drug-likeness (QED) is 0.562. The topological polar surface area (TPSA) is 49.6 Å². The number of hydrogen-bond donors (Lipinski definition) is 1. The van der Waals surface area contributed by atoms with Crippen LogP contribution in [0.4, 0.5) is 11.4 Å². The molecule has 0 saturated carbocycles. The first-order valence-corrected chi connectivity index (χ1v) is 9.51. The number of nitrogens with zero attached hydrogens (tertiary/aromatic N) is 3. The first-order valence-electron chi connectivity index (χ1n) is 8.63. The number of carbonyl (C=O) groups excluding carboxylic acids is 1. The van der Waals surface area contributed by atoms with Crippen LogP contribution in [-0.4, -0.2) is 29.4 Å². The molecule has 0 fully saturated rings. The van der Waals surface area contributed by atoms with Gasteiger partial charge >= 0.3 is 0 Å². The van der Waals surface area contributed by atoms with Crippen molar-refractivity contribution in [3.05, 3.63) is 71.4 Å². The van der Waals surface area contributed by atoms with Gasteiger partial charge < -0.3 is 10.2 Å². The number of imidazole rings is 1. The Bertz CT molecular complexity index is 1110. The molecule has 6 heteroatoms. The van der Waals surface area contributed by atoms with Crippen molar-refractivity contribution < 1.29 is 4.79 Å². The molecular formula is C21H20N4OS. The molecule has 2 aromatic carbocycles. The van der Waals surface area contributed by atoms with E-state index in [1.165, 1.54) is 5.69 Å². The van der Waals surface area contributed by atoms with Crippen LogP contribution in [0.2, 0.25) is 0 Å². The highest BCUT2D eigenvalue weighted by Gasteiger charge is 2.10. The largest absolute Gasteiger partial charge is 0.378 e. The van der Waals surface area contributed by atoms with Gasteiger partial charge in [-0.2, -0.15) is 0 Å². The summed E-state index contributed by atoms with van der Waals surface area (Å²) < 4.78 is 2.08. The second kappa shape index (κ2) is 6.89. The van der Waals surface area contributed by atoms with Gasteiger partial charge in [0.05, 0.1) is 5.69 Å². The molecule has 2 heterocycles. The zero-order valence-corrected chi connectivity index (χ0v) is 16.2. The molecule has 0 saturated heterocycles. The van der Waals surface area contributed by atoms with Crippen molar-refractivity contribution in [2.24, 2.45) is 0 Å². The highest BCUT2D eigenvalue weighted by Crippen LogP contribution is 2.25. The predicted octanol–water partition coefficient (Wildman–Crippen LogP) is 4.69. The van der Waals surface area contributed by atoms with Gasteiger partial charge in [0.15, 0.2) is 4.96 Å². The van der Waals surface area contributed by atoms with E-state index in [4.69, 9.17) is 0 Å². The van der Waals surface area contributed by atoms with Crippen LogP contribution in [0.1, 0.15) is 16.1 Å². The summed E-state index contributed by atoms with van der Waals surface area (Å²) in [6.07, 6.45) is 2.03. The molecule has 0 bridgehead atoms. The van der Waals surface area contributed by atoms with Crippen LogP contribution in [0.25, 0.3) is 16.2 Å². The van der Waals surface area contributed by atoms with Crippen LogP contribution in [0.5, 0.6) is 0 Å². The maximum Gasteiger partial charge on any atom is 0.255 e. The molecule has 2 aromatic heterocycles. The van der Waals surface area contributed by atoms with E-state index in [2.05, 4.69) is 27.0 Å². The molecule has 0 radical (unpaired) electrons.